The average molecular weight is 1570 g/mol. The van der Waals surface area contributed by atoms with E-state index in [1.807, 2.05) is 170 Å². The van der Waals surface area contributed by atoms with Crippen LogP contribution >= 0.6 is 0 Å². The van der Waals surface area contributed by atoms with Gasteiger partial charge in [-0.15, -0.1) is 0 Å². The molecule has 15 aromatic rings. The standard InChI is InChI=1S/C24H21N3O3.C19H19N3O3.C19H18N2O3.C17H14N2O3.C12H11NO3/c1-15-11-17(12-25-24(15)30-3)22(28)20-14-27(13-18-8-6-7-16(2)26-18)21-10-5-4-9-19(21)23(20)29;1-13-7-6-8-14(20-13)11-22-12-16(19(24)21(2)25-3)18(23)15-9-4-5-10-17(15)22;1-3-24-19(23)16-12-21(11-14-8-6-7-13(2)20-14)17-10-5-4-9-15(17)18(16)22;1-11-5-4-6-12(18-11)9-19-10-14(17(21)22)16(20)13-7-2-3-8-15(13)19;1-2-16-12(15)9-7-13-10-6-4-3-5-8(10)11(9)14/h4-12,14H,13H2,1-3H3;4-10,12H,11H2,1-3H3;4-10,12H,3,11H2,1-2H3;2-8,10H,9H2,1H3,(H,21,22);3-7H,2H2,1H3,(H,13,14). The van der Waals surface area contributed by atoms with Gasteiger partial charge in [0.15, 0.2) is 5.78 Å². The first-order chi connectivity index (χ1) is 56.4. The largest absolute Gasteiger partial charge is 0.481 e. The fourth-order valence-electron chi connectivity index (χ4n) is 13.0. The lowest BCUT2D eigenvalue weighted by molar-refractivity contribution is -0.0758. The van der Waals surface area contributed by atoms with Crippen molar-refractivity contribution in [2.24, 2.45) is 0 Å². The lowest BCUT2D eigenvalue weighted by Gasteiger charge is -2.16. The number of H-pyrrole nitrogens is 1. The number of pyridine rings is 10. The van der Waals surface area contributed by atoms with Crippen LogP contribution in [0.5, 0.6) is 5.88 Å². The first-order valence-corrected chi connectivity index (χ1v) is 37.1. The van der Waals surface area contributed by atoms with E-state index in [2.05, 4.69) is 29.9 Å². The van der Waals surface area contributed by atoms with Gasteiger partial charge in [0.25, 0.3) is 5.91 Å². The van der Waals surface area contributed by atoms with Gasteiger partial charge in [0.1, 0.15) is 22.3 Å². The molecule has 592 valence electrons. The van der Waals surface area contributed by atoms with Crippen LogP contribution in [-0.2, 0) is 40.5 Å². The Kier molecular flexibility index (Phi) is 27.1. The average Bonchev–Trinajstić information content (AvgIpc) is 0.794. The minimum absolute atomic E-state index is 0.0422. The number of para-hydroxylation sites is 5. The summed E-state index contributed by atoms with van der Waals surface area (Å²) >= 11 is 0. The van der Waals surface area contributed by atoms with Crippen molar-refractivity contribution in [1.82, 2.24) is 53.2 Å². The third kappa shape index (κ3) is 19.8. The molecule has 5 aromatic carbocycles. The van der Waals surface area contributed by atoms with E-state index in [1.165, 1.54) is 39.9 Å². The zero-order valence-electron chi connectivity index (χ0n) is 65.9. The third-order valence-electron chi connectivity index (χ3n) is 18.6. The van der Waals surface area contributed by atoms with E-state index in [4.69, 9.17) is 19.0 Å². The second-order valence-corrected chi connectivity index (χ2v) is 26.8. The van der Waals surface area contributed by atoms with Crippen molar-refractivity contribution in [2.45, 2.75) is 74.6 Å². The number of aromatic carboxylic acids is 1. The number of esters is 2. The number of ketones is 1. The Bertz CT molecular complexity index is 6610. The van der Waals surface area contributed by atoms with Crippen molar-refractivity contribution < 1.29 is 48.1 Å². The SMILES string of the molecule is CCOC(=O)c1c[nH]c2ccccc2c1=O.CCOC(=O)c1cn(Cc2cccc(C)n2)c2ccccc2c1=O.CON(C)C(=O)c1cn(Cc2cccc(C)n2)c2ccccc2c1=O.COc1ncc(C(=O)c2cn(Cc3cccc(C)n3)c3ccccc3c2=O)cc1C.Cc1cccc(Cn2cc(C(=O)O)c(=O)c3ccccc32)n1. The topological polar surface area (TPSA) is 331 Å². The molecule has 10 heterocycles. The Balaban J connectivity index is 0.000000145. The Morgan fingerprint density at radius 1 is 0.419 bits per heavy atom. The molecule has 2 N–H and O–H groups in total. The fraction of sp³-hybridized carbons (Fsp3) is 0.176. The van der Waals surface area contributed by atoms with Crippen molar-refractivity contribution in [3.05, 3.63) is 373 Å². The van der Waals surface area contributed by atoms with Crippen LogP contribution in [0.4, 0.5) is 0 Å². The molecule has 15 rings (SSSR count). The molecule has 117 heavy (non-hydrogen) atoms. The smallest absolute Gasteiger partial charge is 0.343 e. The molecule has 0 aliphatic carbocycles. The molecular formula is C91H83N11O15. The highest BCUT2D eigenvalue weighted by molar-refractivity contribution is 6.10. The molecule has 26 heteroatoms. The second-order valence-electron chi connectivity index (χ2n) is 26.8. The number of carbonyl (C=O) groups is 5. The summed E-state index contributed by atoms with van der Waals surface area (Å²) in [7, 11) is 4.38. The number of rotatable bonds is 18. The predicted molar refractivity (Wildman–Crippen MR) is 447 cm³/mol. The van der Waals surface area contributed by atoms with Gasteiger partial charge in [-0.2, -0.15) is 0 Å². The lowest BCUT2D eigenvalue weighted by atomic mass is 10.0. The number of carbonyl (C=O) groups excluding carboxylic acids is 4. The van der Waals surface area contributed by atoms with E-state index >= 15 is 0 Å². The third-order valence-corrected chi connectivity index (χ3v) is 18.6. The number of amides is 1. The number of ether oxygens (including phenoxy) is 3. The maximum atomic E-state index is 13.2. The van der Waals surface area contributed by atoms with Crippen molar-refractivity contribution in [3.63, 3.8) is 0 Å². The summed E-state index contributed by atoms with van der Waals surface area (Å²) < 4.78 is 22.4. The number of methoxy groups -OCH3 is 1. The van der Waals surface area contributed by atoms with E-state index in [0.29, 0.717) is 75.6 Å². The summed E-state index contributed by atoms with van der Waals surface area (Å²) in [5.74, 6) is -2.80. The summed E-state index contributed by atoms with van der Waals surface area (Å²) in [6, 6.07) is 60.5. The molecule has 0 bridgehead atoms. The van der Waals surface area contributed by atoms with Gasteiger partial charge in [-0.25, -0.2) is 24.4 Å². The number of nitrogens with zero attached hydrogens (tertiary/aromatic N) is 10. The molecule has 10 aromatic heterocycles. The minimum atomic E-state index is -1.22. The van der Waals surface area contributed by atoms with E-state index < -0.39 is 29.2 Å². The molecule has 0 unspecified atom stereocenters. The predicted octanol–water partition coefficient (Wildman–Crippen LogP) is 13.2. The number of carboxylic acid groups (broad SMARTS) is 1. The number of benzene rings is 5. The molecule has 0 aliphatic rings. The first-order valence-electron chi connectivity index (χ1n) is 37.1. The van der Waals surface area contributed by atoms with Crippen LogP contribution < -0.4 is 31.9 Å². The van der Waals surface area contributed by atoms with E-state index in [0.717, 1.165) is 72.7 Å². The van der Waals surface area contributed by atoms with Crippen LogP contribution in [0.1, 0.15) is 122 Å². The highest BCUT2D eigenvalue weighted by Gasteiger charge is 2.23. The molecule has 0 radical (unpaired) electrons. The number of nitrogens with one attached hydrogen (secondary N) is 1. The summed E-state index contributed by atoms with van der Waals surface area (Å²) in [6.07, 6.45) is 8.98. The van der Waals surface area contributed by atoms with Crippen molar-refractivity contribution in [1.29, 1.82) is 0 Å². The van der Waals surface area contributed by atoms with Gasteiger partial charge in [0, 0.05) is 111 Å². The fourth-order valence-corrected chi connectivity index (χ4v) is 13.0. The highest BCUT2D eigenvalue weighted by Crippen LogP contribution is 2.23. The van der Waals surface area contributed by atoms with E-state index in [-0.39, 0.29) is 68.5 Å². The summed E-state index contributed by atoms with van der Waals surface area (Å²) in [5, 5.41) is 12.6. The van der Waals surface area contributed by atoms with Gasteiger partial charge in [-0.3, -0.25) is 58.3 Å². The number of hydrogen-bond donors (Lipinski definition) is 2. The van der Waals surface area contributed by atoms with Crippen LogP contribution in [-0.4, -0.2) is 122 Å². The quantitative estimate of drug-likeness (QED) is 0.0458. The number of hydroxylamine groups is 2. The summed E-state index contributed by atoms with van der Waals surface area (Å²) in [6.45, 7) is 15.2. The van der Waals surface area contributed by atoms with Crippen LogP contribution in [0, 0.1) is 34.6 Å². The molecular weight excluding hydrogens is 1490 g/mol. The molecule has 26 nitrogen and oxygen atoms in total. The Morgan fingerprint density at radius 3 is 1.15 bits per heavy atom. The van der Waals surface area contributed by atoms with Crippen LogP contribution in [0.25, 0.3) is 54.5 Å². The molecule has 0 aliphatic heterocycles. The zero-order valence-corrected chi connectivity index (χ0v) is 65.9. The minimum Gasteiger partial charge on any atom is -0.481 e. The number of carboxylic acids is 1. The Labute approximate surface area is 670 Å². The van der Waals surface area contributed by atoms with E-state index in [9.17, 15) is 53.1 Å². The van der Waals surface area contributed by atoms with Gasteiger partial charge < -0.3 is 42.6 Å². The van der Waals surface area contributed by atoms with Crippen molar-refractivity contribution in [2.75, 3.05) is 34.5 Å². The number of fused-ring (bicyclic) bond motifs is 5. The molecule has 0 atom stereocenters. The number of aromatic amines is 1. The van der Waals surface area contributed by atoms with Crippen LogP contribution in [0.15, 0.2) is 261 Å². The van der Waals surface area contributed by atoms with Crippen LogP contribution in [0.3, 0.4) is 0 Å². The Morgan fingerprint density at radius 2 is 0.761 bits per heavy atom. The number of aryl methyl sites for hydroxylation is 5. The Hall–Kier alpha value is -14.8. The molecule has 1 amide bonds. The first kappa shape index (κ1) is 83.2. The maximum absolute atomic E-state index is 13.2. The molecule has 0 fully saturated rings. The molecule has 0 saturated heterocycles. The normalized spacial score (nSPS) is 10.8. The molecule has 0 spiro atoms. The van der Waals surface area contributed by atoms with Crippen molar-refractivity contribution in [3.8, 4) is 5.88 Å². The lowest BCUT2D eigenvalue weighted by Crippen LogP contribution is -2.31. The van der Waals surface area contributed by atoms with Gasteiger partial charge in [0.2, 0.25) is 33.0 Å². The van der Waals surface area contributed by atoms with Gasteiger partial charge in [-0.05, 0) is 164 Å². The second kappa shape index (κ2) is 38.2. The molecule has 0 saturated carbocycles. The number of hydrogen-bond acceptors (Lipinski definition) is 19. The summed E-state index contributed by atoms with van der Waals surface area (Å²) in [5.41, 5.74) is 10.1. The summed E-state index contributed by atoms with van der Waals surface area (Å²) in [4.78, 5) is 153. The van der Waals surface area contributed by atoms with Crippen LogP contribution in [0.2, 0.25) is 0 Å². The monoisotopic (exact) mass is 1570 g/mol. The van der Waals surface area contributed by atoms with E-state index in [1.54, 1.807) is 116 Å². The van der Waals surface area contributed by atoms with Crippen molar-refractivity contribution >= 4 is 84.1 Å². The zero-order chi connectivity index (χ0) is 83.6. The number of aromatic nitrogens is 10. The van der Waals surface area contributed by atoms with Gasteiger partial charge in [0.05, 0.1) is 104 Å². The van der Waals surface area contributed by atoms with Gasteiger partial charge in [-0.1, -0.05) is 84.9 Å². The maximum Gasteiger partial charge on any atom is 0.343 e. The highest BCUT2D eigenvalue weighted by atomic mass is 16.7. The van der Waals surface area contributed by atoms with Gasteiger partial charge >= 0.3 is 17.9 Å².